The van der Waals surface area contributed by atoms with Gasteiger partial charge in [-0.2, -0.15) is 0 Å². The van der Waals surface area contributed by atoms with Gasteiger partial charge in [0, 0.05) is 23.5 Å². The largest absolute Gasteiger partial charge is 0.597 e. The lowest BCUT2D eigenvalue weighted by Crippen LogP contribution is -2.42. The molecule has 2 atom stereocenters. The molecule has 0 spiro atoms. The van der Waals surface area contributed by atoms with Gasteiger partial charge >= 0.3 is 0 Å². The predicted molar refractivity (Wildman–Crippen MR) is 77.3 cm³/mol. The molecular weight excluding hydrogens is 279 g/mol. The summed E-state index contributed by atoms with van der Waals surface area (Å²) < 4.78 is 32.9. The maximum atomic E-state index is 13.5. The van der Waals surface area contributed by atoms with Gasteiger partial charge in [0.15, 0.2) is 0 Å². The van der Waals surface area contributed by atoms with Gasteiger partial charge < -0.3 is 9.29 Å². The fraction of sp³-hybridized carbons (Fsp3) is 0.643. The molecule has 6 heteroatoms. The molecule has 1 aliphatic rings. The summed E-state index contributed by atoms with van der Waals surface area (Å²) >= 11 is -1.13. The van der Waals surface area contributed by atoms with Gasteiger partial charge in [0.1, 0.15) is 10.6 Å². The van der Waals surface area contributed by atoms with Crippen LogP contribution in [0.15, 0.2) is 12.3 Å². The molecule has 0 amide bonds. The van der Waals surface area contributed by atoms with Crippen LogP contribution in [0.4, 0.5) is 4.39 Å². The molecule has 112 valence electrons. The zero-order valence-corrected chi connectivity index (χ0v) is 13.2. The molecule has 1 aromatic rings. The predicted octanol–water partition coefficient (Wildman–Crippen LogP) is 2.83. The maximum absolute atomic E-state index is 13.5. The van der Waals surface area contributed by atoms with E-state index in [1.807, 2.05) is 25.1 Å². The van der Waals surface area contributed by atoms with Gasteiger partial charge in [0.2, 0.25) is 5.88 Å². The van der Waals surface area contributed by atoms with Crippen molar-refractivity contribution in [2.24, 2.45) is 0 Å². The van der Waals surface area contributed by atoms with Crippen LogP contribution in [0.3, 0.4) is 0 Å². The van der Waals surface area contributed by atoms with E-state index in [4.69, 9.17) is 4.74 Å². The third kappa shape index (κ3) is 3.07. The van der Waals surface area contributed by atoms with E-state index in [9.17, 15) is 8.94 Å². The summed E-state index contributed by atoms with van der Waals surface area (Å²) in [6, 6.07) is 1.34. The van der Waals surface area contributed by atoms with Crippen molar-refractivity contribution in [3.05, 3.63) is 23.6 Å². The van der Waals surface area contributed by atoms with Gasteiger partial charge in [0.25, 0.3) is 0 Å². The van der Waals surface area contributed by atoms with E-state index in [0.717, 1.165) is 25.6 Å². The zero-order chi connectivity index (χ0) is 14.9. The minimum atomic E-state index is -1.13. The highest BCUT2D eigenvalue weighted by atomic mass is 32.2. The van der Waals surface area contributed by atoms with E-state index >= 15 is 0 Å². The van der Waals surface area contributed by atoms with Crippen LogP contribution in [-0.4, -0.2) is 32.2 Å². The highest BCUT2D eigenvalue weighted by molar-refractivity contribution is 7.90. The van der Waals surface area contributed by atoms with Crippen LogP contribution in [0.25, 0.3) is 0 Å². The molecule has 0 aromatic carbocycles. The lowest BCUT2D eigenvalue weighted by Gasteiger charge is -2.33. The van der Waals surface area contributed by atoms with Crippen LogP contribution < -0.4 is 4.74 Å². The zero-order valence-electron chi connectivity index (χ0n) is 12.4. The van der Waals surface area contributed by atoms with Crippen LogP contribution in [-0.2, 0) is 11.4 Å². The second kappa shape index (κ2) is 5.87. The van der Waals surface area contributed by atoms with Gasteiger partial charge in [-0.1, -0.05) is 0 Å². The summed E-state index contributed by atoms with van der Waals surface area (Å²) in [7, 11) is 1.52. The van der Waals surface area contributed by atoms with Crippen molar-refractivity contribution in [3.8, 4) is 5.88 Å². The number of rotatable bonds is 3. The molecule has 0 radical (unpaired) electrons. The van der Waals surface area contributed by atoms with E-state index in [1.54, 1.807) is 0 Å². The quantitative estimate of drug-likeness (QED) is 0.805. The second-order valence-electron chi connectivity index (χ2n) is 5.91. The van der Waals surface area contributed by atoms with Crippen molar-refractivity contribution in [1.29, 1.82) is 0 Å². The molecule has 0 saturated carbocycles. The molecule has 2 rings (SSSR count). The van der Waals surface area contributed by atoms with E-state index in [1.165, 1.54) is 13.2 Å². The minimum absolute atomic E-state index is 0.104. The number of ether oxygens (including phenoxy) is 1. The molecule has 0 N–H and O–H groups in total. The number of aromatic nitrogens is 1. The fourth-order valence-electron chi connectivity index (χ4n) is 2.45. The summed E-state index contributed by atoms with van der Waals surface area (Å²) in [6.07, 6.45) is 2.91. The molecule has 1 aliphatic heterocycles. The van der Waals surface area contributed by atoms with E-state index in [-0.39, 0.29) is 10.8 Å². The van der Waals surface area contributed by atoms with Crippen molar-refractivity contribution in [2.45, 2.75) is 44.4 Å². The first kappa shape index (κ1) is 15.5. The van der Waals surface area contributed by atoms with Crippen LogP contribution in [0.2, 0.25) is 0 Å². The summed E-state index contributed by atoms with van der Waals surface area (Å²) in [5.41, 5.74) is 0.683. The van der Waals surface area contributed by atoms with E-state index in [0.29, 0.717) is 11.4 Å². The van der Waals surface area contributed by atoms with Crippen molar-refractivity contribution in [1.82, 2.24) is 9.29 Å². The first-order valence-electron chi connectivity index (χ1n) is 6.72. The van der Waals surface area contributed by atoms with Crippen molar-refractivity contribution < 1.29 is 13.7 Å². The first-order chi connectivity index (χ1) is 9.34. The van der Waals surface area contributed by atoms with Gasteiger partial charge in [0.05, 0.1) is 19.3 Å². The van der Waals surface area contributed by atoms with Gasteiger partial charge in [-0.15, -0.1) is 4.31 Å². The average Bonchev–Trinajstić information content (AvgIpc) is 2.85. The first-order valence-corrected chi connectivity index (χ1v) is 7.83. The standard InChI is InChI=1S/C14H21FN2O2S/c1-14(2,3)20(18)17-7-5-6-12(17)11-8-10(15)9-16-13(11)19-4/h8-9,12H,5-7H2,1-4H3/t12-,20+/m1/s1. The average molecular weight is 300 g/mol. The third-order valence-electron chi connectivity index (χ3n) is 3.34. The Labute approximate surface area is 122 Å². The molecule has 1 fully saturated rings. The van der Waals surface area contributed by atoms with Gasteiger partial charge in [-0.05, 0) is 39.7 Å². The highest BCUT2D eigenvalue weighted by Gasteiger charge is 2.42. The third-order valence-corrected chi connectivity index (χ3v) is 5.25. The Balaban J connectivity index is 2.34. The summed E-state index contributed by atoms with van der Waals surface area (Å²) in [5, 5.41) is 0. The second-order valence-corrected chi connectivity index (χ2v) is 8.10. The molecule has 0 unspecified atom stereocenters. The number of pyridine rings is 1. The molecule has 20 heavy (non-hydrogen) atoms. The Hall–Kier alpha value is -0.850. The number of methoxy groups -OCH3 is 1. The van der Waals surface area contributed by atoms with Crippen LogP contribution in [0.1, 0.15) is 45.2 Å². The van der Waals surface area contributed by atoms with Crippen molar-refractivity contribution in [3.63, 3.8) is 0 Å². The Bertz CT molecular complexity index is 479. The molecule has 1 aromatic heterocycles. The summed E-state index contributed by atoms with van der Waals surface area (Å²) in [4.78, 5) is 3.97. The molecule has 0 bridgehead atoms. The number of halogens is 1. The smallest absolute Gasteiger partial charge is 0.218 e. The molecular formula is C14H21FN2O2S. The Morgan fingerprint density at radius 3 is 2.80 bits per heavy atom. The van der Waals surface area contributed by atoms with Gasteiger partial charge in [-0.3, -0.25) is 0 Å². The Morgan fingerprint density at radius 1 is 1.50 bits per heavy atom. The Morgan fingerprint density at radius 2 is 2.20 bits per heavy atom. The normalized spacial score (nSPS) is 22.0. The molecule has 2 heterocycles. The monoisotopic (exact) mass is 300 g/mol. The van der Waals surface area contributed by atoms with Crippen molar-refractivity contribution in [2.75, 3.05) is 13.7 Å². The van der Waals surface area contributed by atoms with Crippen LogP contribution in [0.5, 0.6) is 5.88 Å². The Kier molecular flexibility index (Phi) is 4.56. The van der Waals surface area contributed by atoms with Crippen molar-refractivity contribution >= 4 is 11.4 Å². The van der Waals surface area contributed by atoms with Crippen LogP contribution in [0, 0.1) is 5.82 Å². The number of hydrogen-bond acceptors (Lipinski definition) is 4. The highest BCUT2D eigenvalue weighted by Crippen LogP contribution is 2.40. The molecule has 0 aliphatic carbocycles. The lowest BCUT2D eigenvalue weighted by atomic mass is 10.1. The molecule has 4 nitrogen and oxygen atoms in total. The summed E-state index contributed by atoms with van der Waals surface area (Å²) in [5.74, 6) is 0.0170. The van der Waals surface area contributed by atoms with E-state index in [2.05, 4.69) is 4.98 Å². The van der Waals surface area contributed by atoms with Crippen LogP contribution >= 0.6 is 0 Å². The molecule has 1 saturated heterocycles. The number of nitrogens with zero attached hydrogens (tertiary/aromatic N) is 2. The SMILES string of the molecule is COc1ncc(F)cc1[C@H]1CCCN1[S@@+]([O-])C(C)(C)C. The van der Waals surface area contributed by atoms with E-state index < -0.39 is 17.2 Å². The number of hydrogen-bond donors (Lipinski definition) is 0. The maximum Gasteiger partial charge on any atom is 0.218 e. The fourth-order valence-corrected chi connectivity index (χ4v) is 3.90. The van der Waals surface area contributed by atoms with Gasteiger partial charge in [-0.25, -0.2) is 9.37 Å². The minimum Gasteiger partial charge on any atom is -0.597 e. The summed E-state index contributed by atoms with van der Waals surface area (Å²) in [6.45, 7) is 6.58. The lowest BCUT2D eigenvalue weighted by molar-refractivity contribution is 0.348. The topological polar surface area (TPSA) is 48.4 Å².